The summed E-state index contributed by atoms with van der Waals surface area (Å²) in [6.07, 6.45) is 0. The third-order valence-electron chi connectivity index (χ3n) is 6.09. The molecule has 1 saturated heterocycles. The average molecular weight is 447 g/mol. The van der Waals surface area contributed by atoms with Gasteiger partial charge in [-0.1, -0.05) is 17.7 Å². The highest BCUT2D eigenvalue weighted by molar-refractivity contribution is 5.94. The molecule has 4 rings (SSSR count). The minimum atomic E-state index is -0.424. The van der Waals surface area contributed by atoms with Crippen molar-refractivity contribution in [2.24, 2.45) is 5.73 Å². The van der Waals surface area contributed by atoms with Gasteiger partial charge in [-0.2, -0.15) is 5.10 Å². The van der Waals surface area contributed by atoms with Gasteiger partial charge in [-0.3, -0.25) is 14.5 Å². The lowest BCUT2D eigenvalue weighted by atomic mass is 10.1. The Morgan fingerprint density at radius 2 is 1.52 bits per heavy atom. The number of benzene rings is 2. The number of rotatable bonds is 6. The second-order valence-corrected chi connectivity index (χ2v) is 8.52. The van der Waals surface area contributed by atoms with Gasteiger partial charge in [-0.15, -0.1) is 0 Å². The van der Waals surface area contributed by atoms with E-state index >= 15 is 0 Å². The minimum absolute atomic E-state index is 0.0380. The van der Waals surface area contributed by atoms with Crippen molar-refractivity contribution in [2.45, 2.75) is 20.8 Å². The first-order chi connectivity index (χ1) is 15.8. The van der Waals surface area contributed by atoms with E-state index in [9.17, 15) is 9.59 Å². The summed E-state index contributed by atoms with van der Waals surface area (Å²) in [5, 5.41) is 7.69. The molecule has 172 valence electrons. The molecule has 3 N–H and O–H groups in total. The molecule has 0 radical (unpaired) electrons. The van der Waals surface area contributed by atoms with Crippen LogP contribution in [0.2, 0.25) is 0 Å². The fraction of sp³-hybridized carbons (Fsp3) is 0.320. The zero-order valence-corrected chi connectivity index (χ0v) is 19.3. The average Bonchev–Trinajstić information content (AvgIpc) is 3.08. The lowest BCUT2D eigenvalue weighted by molar-refractivity contribution is -0.117. The maximum Gasteiger partial charge on any atom is 0.248 e. The summed E-state index contributed by atoms with van der Waals surface area (Å²) >= 11 is 0. The number of hydrogen-bond donors (Lipinski definition) is 2. The van der Waals surface area contributed by atoms with Gasteiger partial charge in [0, 0.05) is 37.4 Å². The number of nitrogens with two attached hydrogens (primary N) is 1. The number of nitrogens with zero attached hydrogens (tertiary/aromatic N) is 4. The Hall–Kier alpha value is -3.65. The van der Waals surface area contributed by atoms with Gasteiger partial charge in [0.05, 0.1) is 29.3 Å². The summed E-state index contributed by atoms with van der Waals surface area (Å²) in [5.74, 6) is -0.462. The van der Waals surface area contributed by atoms with Gasteiger partial charge < -0.3 is 16.0 Å². The van der Waals surface area contributed by atoms with Crippen LogP contribution in [0.15, 0.2) is 48.5 Å². The molecule has 0 bridgehead atoms. The second kappa shape index (κ2) is 9.46. The van der Waals surface area contributed by atoms with Crippen LogP contribution in [-0.2, 0) is 4.79 Å². The van der Waals surface area contributed by atoms with E-state index in [1.165, 1.54) is 5.56 Å². The van der Waals surface area contributed by atoms with Crippen LogP contribution in [0.5, 0.6) is 0 Å². The Balaban J connectivity index is 1.33. The molecular weight excluding hydrogens is 416 g/mol. The zero-order valence-electron chi connectivity index (χ0n) is 19.3. The van der Waals surface area contributed by atoms with E-state index in [2.05, 4.69) is 39.3 Å². The molecular formula is C25H30N6O2. The van der Waals surface area contributed by atoms with Gasteiger partial charge in [0.15, 0.2) is 0 Å². The molecule has 33 heavy (non-hydrogen) atoms. The molecule has 0 aliphatic carbocycles. The Bertz CT molecular complexity index is 1140. The lowest BCUT2D eigenvalue weighted by Gasteiger charge is -2.35. The molecule has 0 atom stereocenters. The molecule has 1 aromatic heterocycles. The highest BCUT2D eigenvalue weighted by Gasteiger charge is 2.21. The van der Waals surface area contributed by atoms with E-state index in [4.69, 9.17) is 5.73 Å². The van der Waals surface area contributed by atoms with Gasteiger partial charge in [0.2, 0.25) is 11.8 Å². The predicted molar refractivity (Wildman–Crippen MR) is 130 cm³/mol. The largest absolute Gasteiger partial charge is 0.369 e. The Labute approximate surface area is 194 Å². The van der Waals surface area contributed by atoms with Gasteiger partial charge in [0.25, 0.3) is 0 Å². The molecule has 8 nitrogen and oxygen atoms in total. The Kier molecular flexibility index (Phi) is 6.46. The van der Waals surface area contributed by atoms with E-state index in [0.29, 0.717) is 12.1 Å². The van der Waals surface area contributed by atoms with Crippen molar-refractivity contribution >= 4 is 23.2 Å². The van der Waals surface area contributed by atoms with E-state index in [1.54, 1.807) is 12.1 Å². The molecule has 0 unspecified atom stereocenters. The van der Waals surface area contributed by atoms with Crippen molar-refractivity contribution in [3.05, 3.63) is 71.0 Å². The standard InChI is InChI=1S/C25H30N6O2/c1-17-4-8-22(9-5-17)31-19(3)24(18(2)28-31)27-23(32)16-29-12-14-30(15-13-29)21-10-6-20(7-11-21)25(26)33/h4-11H,12-16H2,1-3H3,(H2,26,33)(H,27,32). The van der Waals surface area contributed by atoms with Gasteiger partial charge in [-0.05, 0) is 57.2 Å². The predicted octanol–water partition coefficient (Wildman–Crippen LogP) is 2.66. The van der Waals surface area contributed by atoms with Crippen molar-refractivity contribution in [1.29, 1.82) is 0 Å². The number of amides is 2. The molecule has 8 heteroatoms. The molecule has 0 spiro atoms. The maximum absolute atomic E-state index is 12.8. The van der Waals surface area contributed by atoms with Gasteiger partial charge >= 0.3 is 0 Å². The van der Waals surface area contributed by atoms with E-state index < -0.39 is 5.91 Å². The summed E-state index contributed by atoms with van der Waals surface area (Å²) in [4.78, 5) is 28.4. The number of nitrogens with one attached hydrogen (secondary N) is 1. The molecule has 2 amide bonds. The highest BCUT2D eigenvalue weighted by Crippen LogP contribution is 2.23. The lowest BCUT2D eigenvalue weighted by Crippen LogP contribution is -2.48. The molecule has 1 fully saturated rings. The van der Waals surface area contributed by atoms with Gasteiger partial charge in [-0.25, -0.2) is 4.68 Å². The second-order valence-electron chi connectivity index (χ2n) is 8.52. The molecule has 2 heterocycles. The van der Waals surface area contributed by atoms with Crippen molar-refractivity contribution < 1.29 is 9.59 Å². The van der Waals surface area contributed by atoms with Crippen LogP contribution in [0.25, 0.3) is 5.69 Å². The number of piperazine rings is 1. The van der Waals surface area contributed by atoms with Crippen LogP contribution in [0.3, 0.4) is 0 Å². The quantitative estimate of drug-likeness (QED) is 0.607. The van der Waals surface area contributed by atoms with Crippen molar-refractivity contribution in [3.63, 3.8) is 0 Å². The normalized spacial score (nSPS) is 14.3. The van der Waals surface area contributed by atoms with Crippen LogP contribution in [0.4, 0.5) is 11.4 Å². The summed E-state index contributed by atoms with van der Waals surface area (Å²) < 4.78 is 1.87. The summed E-state index contributed by atoms with van der Waals surface area (Å²) in [6, 6.07) is 15.5. The van der Waals surface area contributed by atoms with Crippen LogP contribution < -0.4 is 16.0 Å². The van der Waals surface area contributed by atoms with Gasteiger partial charge in [0.1, 0.15) is 0 Å². The van der Waals surface area contributed by atoms with E-state index in [1.807, 2.05) is 42.8 Å². The first kappa shape index (κ1) is 22.5. The minimum Gasteiger partial charge on any atom is -0.369 e. The molecule has 1 aliphatic rings. The molecule has 0 saturated carbocycles. The van der Waals surface area contributed by atoms with E-state index in [0.717, 1.165) is 54.6 Å². The third kappa shape index (κ3) is 5.06. The number of anilines is 2. The molecule has 1 aliphatic heterocycles. The fourth-order valence-electron chi connectivity index (χ4n) is 4.14. The third-order valence-corrected chi connectivity index (χ3v) is 6.09. The smallest absolute Gasteiger partial charge is 0.248 e. The van der Waals surface area contributed by atoms with Crippen LogP contribution in [0.1, 0.15) is 27.3 Å². The number of aromatic nitrogens is 2. The number of carbonyl (C=O) groups excluding carboxylic acids is 2. The number of aryl methyl sites for hydroxylation is 2. The number of primary amides is 1. The van der Waals surface area contributed by atoms with E-state index in [-0.39, 0.29) is 5.91 Å². The van der Waals surface area contributed by atoms with Crippen LogP contribution in [-0.4, -0.2) is 59.2 Å². The SMILES string of the molecule is Cc1ccc(-n2nc(C)c(NC(=O)CN3CCN(c4ccc(C(N)=O)cc4)CC3)c2C)cc1. The summed E-state index contributed by atoms with van der Waals surface area (Å²) in [7, 11) is 0. The monoisotopic (exact) mass is 446 g/mol. The summed E-state index contributed by atoms with van der Waals surface area (Å²) in [6.45, 7) is 9.46. The van der Waals surface area contributed by atoms with Crippen LogP contribution in [0, 0.1) is 20.8 Å². The topological polar surface area (TPSA) is 96.5 Å². The first-order valence-electron chi connectivity index (χ1n) is 11.1. The van der Waals surface area contributed by atoms with Crippen LogP contribution >= 0.6 is 0 Å². The zero-order chi connectivity index (χ0) is 23.5. The first-order valence-corrected chi connectivity index (χ1v) is 11.1. The van der Waals surface area contributed by atoms with Crippen molar-refractivity contribution in [2.75, 3.05) is 42.9 Å². The highest BCUT2D eigenvalue weighted by atomic mass is 16.2. The van der Waals surface area contributed by atoms with Crippen molar-refractivity contribution in [1.82, 2.24) is 14.7 Å². The fourth-order valence-corrected chi connectivity index (χ4v) is 4.14. The number of hydrogen-bond acceptors (Lipinski definition) is 5. The summed E-state index contributed by atoms with van der Waals surface area (Å²) in [5.41, 5.74) is 11.5. The Morgan fingerprint density at radius 1 is 0.909 bits per heavy atom. The van der Waals surface area contributed by atoms with Crippen molar-refractivity contribution in [3.8, 4) is 5.69 Å². The molecule has 3 aromatic rings. The Morgan fingerprint density at radius 3 is 2.12 bits per heavy atom. The maximum atomic E-state index is 12.8. The number of carbonyl (C=O) groups is 2. The molecule has 2 aromatic carbocycles.